The Bertz CT molecular complexity index is 3380. The van der Waals surface area contributed by atoms with Crippen molar-refractivity contribution in [2.75, 3.05) is 75.5 Å². The van der Waals surface area contributed by atoms with Crippen molar-refractivity contribution in [2.45, 2.75) is 127 Å². The molecule has 0 spiro atoms. The van der Waals surface area contributed by atoms with Gasteiger partial charge in [-0.05, 0) is 155 Å². The standard InChI is InChI=1S/C59H69F2N11O7/c1-3-40-44(60)10-6-36-29-39(73)30-43(48(36)40)52-50(61)53-49-45(62-52)11-7-37-31-77-27-5-21-71(37)55(49)66-57(65-53)79-33-59-19-4-22-72(59)38(14-20-59)32-78-58(76)70-25-17-35(18-26-70)28-34-15-23-69(24-16-34)46-12-8-41-51(67-68(2)54(41)63-46)42-9-13-47(74)64-56(42)75/h6,8,10,12,29-30,34-35,37-38,42,73H,3-5,7,9,11,13-28,31-33H2,1-2H3,(H,64,74,75)/t37-,38-,42?,59-/m0/s1. The van der Waals surface area contributed by atoms with Crippen LogP contribution < -0.4 is 19.9 Å². The molecule has 4 aromatic heterocycles. The number of halogens is 2. The molecule has 18 nitrogen and oxygen atoms in total. The number of phenols is 1. The van der Waals surface area contributed by atoms with E-state index in [2.05, 4.69) is 25.1 Å². The van der Waals surface area contributed by atoms with Crippen LogP contribution >= 0.6 is 0 Å². The second kappa shape index (κ2) is 21.0. The fourth-order valence-electron chi connectivity index (χ4n) is 14.5. The van der Waals surface area contributed by atoms with Gasteiger partial charge in [0.15, 0.2) is 11.5 Å². The number of amides is 3. The van der Waals surface area contributed by atoms with Gasteiger partial charge in [0.1, 0.15) is 47.6 Å². The molecule has 20 heteroatoms. The first kappa shape index (κ1) is 51.6. The van der Waals surface area contributed by atoms with Crippen LogP contribution in [0, 0.1) is 23.5 Å². The number of piperidine rings is 3. The summed E-state index contributed by atoms with van der Waals surface area (Å²) in [4.78, 5) is 66.8. The van der Waals surface area contributed by atoms with Crippen LogP contribution in [-0.4, -0.2) is 146 Å². The van der Waals surface area contributed by atoms with E-state index < -0.39 is 17.6 Å². The van der Waals surface area contributed by atoms with Crippen molar-refractivity contribution < 1.29 is 42.5 Å². The van der Waals surface area contributed by atoms with Crippen LogP contribution in [0.3, 0.4) is 0 Å². The molecule has 4 atom stereocenters. The Labute approximate surface area is 457 Å². The maximum Gasteiger partial charge on any atom is 0.409 e. The number of nitrogens with zero attached hydrogens (tertiary/aromatic N) is 10. The van der Waals surface area contributed by atoms with E-state index in [1.165, 1.54) is 12.1 Å². The fraction of sp³-hybridized carbons (Fsp3) is 0.559. The number of imide groups is 1. The molecule has 13 rings (SSSR count). The Morgan fingerprint density at radius 1 is 0.886 bits per heavy atom. The molecule has 0 saturated carbocycles. The van der Waals surface area contributed by atoms with E-state index in [1.807, 2.05) is 31.0 Å². The van der Waals surface area contributed by atoms with Crippen molar-refractivity contribution in [3.63, 3.8) is 0 Å². The van der Waals surface area contributed by atoms with Gasteiger partial charge in [0, 0.05) is 69.8 Å². The number of nitrogens with one attached hydrogen (secondary N) is 1. The lowest BCUT2D eigenvalue weighted by molar-refractivity contribution is -0.134. The van der Waals surface area contributed by atoms with Gasteiger partial charge in [-0.15, -0.1) is 0 Å². The van der Waals surface area contributed by atoms with Gasteiger partial charge >= 0.3 is 12.1 Å². The molecule has 0 aliphatic carbocycles. The number of fused-ring (bicyclic) bond motifs is 5. The number of pyridine rings is 2. The zero-order valence-corrected chi connectivity index (χ0v) is 45.2. The normalized spacial score (nSPS) is 24.3. The summed E-state index contributed by atoms with van der Waals surface area (Å²) in [5, 5.41) is 20.5. The van der Waals surface area contributed by atoms with E-state index in [-0.39, 0.29) is 65.1 Å². The van der Waals surface area contributed by atoms with Crippen molar-refractivity contribution in [1.82, 2.24) is 44.8 Å². The minimum atomic E-state index is -0.680. The number of aryl methyl sites for hydroxylation is 3. The summed E-state index contributed by atoms with van der Waals surface area (Å²) in [5.41, 5.74) is 2.53. The Balaban J connectivity index is 0.638. The molecule has 7 aliphatic rings. The number of rotatable bonds is 11. The first-order valence-electron chi connectivity index (χ1n) is 28.8. The van der Waals surface area contributed by atoms with E-state index in [1.54, 1.807) is 16.8 Å². The van der Waals surface area contributed by atoms with Gasteiger partial charge in [-0.3, -0.25) is 24.5 Å². The molecule has 7 aliphatic heterocycles. The maximum atomic E-state index is 17.6. The third-order valence-corrected chi connectivity index (χ3v) is 18.7. The highest BCUT2D eigenvalue weighted by molar-refractivity contribution is 6.03. The van der Waals surface area contributed by atoms with E-state index in [9.17, 15) is 19.5 Å². The Morgan fingerprint density at radius 2 is 1.71 bits per heavy atom. The summed E-state index contributed by atoms with van der Waals surface area (Å²) in [6.07, 6.45) is 11.6. The average molecular weight is 1080 g/mol. The van der Waals surface area contributed by atoms with Gasteiger partial charge in [-0.1, -0.05) is 13.0 Å². The lowest BCUT2D eigenvalue weighted by Crippen LogP contribution is -2.48. The zero-order valence-electron chi connectivity index (χ0n) is 45.2. The fourth-order valence-corrected chi connectivity index (χ4v) is 14.5. The van der Waals surface area contributed by atoms with Crippen LogP contribution in [0.5, 0.6) is 11.8 Å². The predicted octanol–water partition coefficient (Wildman–Crippen LogP) is 8.27. The summed E-state index contributed by atoms with van der Waals surface area (Å²) in [6.45, 7) is 8.27. The second-order valence-corrected chi connectivity index (χ2v) is 23.3. The Morgan fingerprint density at radius 3 is 2.52 bits per heavy atom. The van der Waals surface area contributed by atoms with Gasteiger partial charge in [0.25, 0.3) is 0 Å². The quantitative estimate of drug-likeness (QED) is 0.118. The molecule has 6 aromatic rings. The first-order chi connectivity index (χ1) is 38.4. The number of aromatic hydroxyl groups is 1. The van der Waals surface area contributed by atoms with Crippen LogP contribution in [-0.2, 0) is 39.0 Å². The topological polar surface area (TPSA) is 193 Å². The van der Waals surface area contributed by atoms with E-state index in [0.29, 0.717) is 128 Å². The Kier molecular flexibility index (Phi) is 13.7. The zero-order chi connectivity index (χ0) is 54.1. The molecule has 11 heterocycles. The largest absolute Gasteiger partial charge is 0.508 e. The number of benzene rings is 2. The van der Waals surface area contributed by atoms with Crippen molar-refractivity contribution in [2.24, 2.45) is 18.9 Å². The van der Waals surface area contributed by atoms with Crippen molar-refractivity contribution in [3.05, 3.63) is 65.0 Å². The van der Waals surface area contributed by atoms with Gasteiger partial charge in [-0.2, -0.15) is 15.1 Å². The number of ether oxygens (including phenoxy) is 3. The van der Waals surface area contributed by atoms with Crippen LogP contribution in [0.15, 0.2) is 36.4 Å². The summed E-state index contributed by atoms with van der Waals surface area (Å²) < 4.78 is 53.5. The van der Waals surface area contributed by atoms with Crippen molar-refractivity contribution in [1.29, 1.82) is 0 Å². The van der Waals surface area contributed by atoms with Crippen LogP contribution in [0.2, 0.25) is 0 Å². The summed E-state index contributed by atoms with van der Waals surface area (Å²) in [6, 6.07) is 10.1. The molecule has 2 aromatic carbocycles. The number of carbonyl (C=O) groups is 3. The molecule has 416 valence electrons. The van der Waals surface area contributed by atoms with Gasteiger partial charge in [-0.25, -0.2) is 23.5 Å². The lowest BCUT2D eigenvalue weighted by Gasteiger charge is -2.37. The number of anilines is 2. The lowest BCUT2D eigenvalue weighted by atomic mass is 9.83. The number of likely N-dealkylation sites (tertiary alicyclic amines) is 1. The van der Waals surface area contributed by atoms with E-state index in [4.69, 9.17) is 34.1 Å². The van der Waals surface area contributed by atoms with Crippen LogP contribution in [0.4, 0.5) is 25.2 Å². The molecular weight excluding hydrogens is 1010 g/mol. The average Bonchev–Trinajstić information content (AvgIpc) is 4.25. The number of phenolic OH excluding ortho intramolecular Hbond substituents is 1. The van der Waals surface area contributed by atoms with E-state index >= 15 is 8.78 Å². The maximum absolute atomic E-state index is 17.6. The van der Waals surface area contributed by atoms with E-state index in [0.717, 1.165) is 101 Å². The van der Waals surface area contributed by atoms with Crippen molar-refractivity contribution in [3.8, 4) is 23.0 Å². The number of hydrogen-bond donors (Lipinski definition) is 2. The minimum absolute atomic E-state index is 0.000217. The third kappa shape index (κ3) is 9.52. The Hall–Kier alpha value is -6.80. The molecule has 0 bridgehead atoms. The number of aromatic nitrogens is 6. The molecule has 6 fully saturated rings. The van der Waals surface area contributed by atoms with Gasteiger partial charge in [0.2, 0.25) is 11.8 Å². The second-order valence-electron chi connectivity index (χ2n) is 23.3. The summed E-state index contributed by atoms with van der Waals surface area (Å²) in [5.74, 6) is 0.488. The van der Waals surface area contributed by atoms with Gasteiger partial charge in [0.05, 0.1) is 40.9 Å². The third-order valence-electron chi connectivity index (χ3n) is 18.7. The predicted molar refractivity (Wildman–Crippen MR) is 292 cm³/mol. The van der Waals surface area contributed by atoms with Gasteiger partial charge < -0.3 is 34.0 Å². The smallest absolute Gasteiger partial charge is 0.409 e. The van der Waals surface area contributed by atoms with Crippen LogP contribution in [0.25, 0.3) is 44.0 Å². The monoisotopic (exact) mass is 1080 g/mol. The molecule has 3 amide bonds. The first-order valence-corrected chi connectivity index (χ1v) is 28.8. The molecular formula is C59H69F2N11O7. The molecule has 79 heavy (non-hydrogen) atoms. The number of hydrogen-bond acceptors (Lipinski definition) is 15. The molecule has 0 radical (unpaired) electrons. The minimum Gasteiger partial charge on any atom is -0.508 e. The number of carbonyl (C=O) groups excluding carboxylic acids is 3. The highest BCUT2D eigenvalue weighted by Crippen LogP contribution is 2.45. The summed E-state index contributed by atoms with van der Waals surface area (Å²) >= 11 is 0. The van der Waals surface area contributed by atoms with Crippen molar-refractivity contribution >= 4 is 62.3 Å². The summed E-state index contributed by atoms with van der Waals surface area (Å²) in [7, 11) is 1.85. The molecule has 2 N–H and O–H groups in total. The SMILES string of the molecule is CCc1c(F)ccc2cc(O)cc(-c3nc4c5c(nc(OC[C@@]67CCCN6[C@H](COC(=O)N6CCC(CC8CCN(c9ccc%10c(C%11CCC(=O)NC%11=O)nn(C)c%10n9)CC8)CC6)CC7)nc5c3F)N3CCCOC[C@@H]3CC4)c12. The van der Waals surface area contributed by atoms with Crippen LogP contribution in [0.1, 0.15) is 113 Å². The molecule has 1 unspecified atom stereocenters. The highest BCUT2D eigenvalue weighted by Gasteiger charge is 2.50. The molecule has 6 saturated heterocycles. The highest BCUT2D eigenvalue weighted by atomic mass is 19.1.